The molecule has 1 N–H and O–H groups in total. The van der Waals surface area contributed by atoms with Gasteiger partial charge in [-0.15, -0.1) is 11.6 Å². The van der Waals surface area contributed by atoms with Crippen LogP contribution in [0.15, 0.2) is 0 Å². The standard InChI is InChI=1S/C9H20ClNOS/c1-7(9(5,6)10)11-13(12)8(2,3)4/h7,11H,1-6H3/t7-,13+/m0/s1. The number of rotatable bonds is 3. The van der Waals surface area contributed by atoms with Crippen LogP contribution in [0, 0.1) is 0 Å². The van der Waals surface area contributed by atoms with Crippen molar-refractivity contribution in [3.8, 4) is 0 Å². The zero-order valence-electron chi connectivity index (χ0n) is 9.27. The van der Waals surface area contributed by atoms with Gasteiger partial charge in [-0.1, -0.05) is 0 Å². The van der Waals surface area contributed by atoms with E-state index in [0.29, 0.717) is 0 Å². The molecule has 0 aliphatic heterocycles. The Morgan fingerprint density at radius 1 is 1.23 bits per heavy atom. The van der Waals surface area contributed by atoms with E-state index in [9.17, 15) is 4.21 Å². The Kier molecular flexibility index (Phi) is 4.41. The van der Waals surface area contributed by atoms with Gasteiger partial charge in [0, 0.05) is 6.04 Å². The van der Waals surface area contributed by atoms with Crippen molar-refractivity contribution in [3.05, 3.63) is 0 Å². The molecule has 0 saturated heterocycles. The minimum absolute atomic E-state index is 0.0224. The van der Waals surface area contributed by atoms with Crippen LogP contribution in [0.2, 0.25) is 0 Å². The largest absolute Gasteiger partial charge is 0.242 e. The van der Waals surface area contributed by atoms with Gasteiger partial charge in [0.1, 0.15) is 0 Å². The second kappa shape index (κ2) is 4.28. The average Bonchev–Trinajstić information content (AvgIpc) is 1.82. The van der Waals surface area contributed by atoms with Gasteiger partial charge in [0.2, 0.25) is 0 Å². The molecule has 0 rings (SSSR count). The average molecular weight is 226 g/mol. The fourth-order valence-corrected chi connectivity index (χ4v) is 1.57. The molecule has 0 saturated carbocycles. The molecule has 0 radical (unpaired) electrons. The third kappa shape index (κ3) is 4.99. The summed E-state index contributed by atoms with van der Waals surface area (Å²) in [7, 11) is -1.05. The lowest BCUT2D eigenvalue weighted by Gasteiger charge is -2.28. The van der Waals surface area contributed by atoms with Gasteiger partial charge in [0.05, 0.1) is 20.6 Å². The Morgan fingerprint density at radius 3 is 1.85 bits per heavy atom. The molecule has 0 bridgehead atoms. The lowest BCUT2D eigenvalue weighted by molar-refractivity contribution is 0.518. The minimum atomic E-state index is -1.05. The molecule has 0 heterocycles. The van der Waals surface area contributed by atoms with Gasteiger partial charge in [-0.2, -0.15) is 0 Å². The Morgan fingerprint density at radius 2 is 1.62 bits per heavy atom. The Labute approximate surface area is 89.0 Å². The fourth-order valence-electron chi connectivity index (χ4n) is 0.477. The number of alkyl halides is 1. The van der Waals surface area contributed by atoms with E-state index in [1.807, 2.05) is 41.5 Å². The van der Waals surface area contributed by atoms with E-state index in [1.54, 1.807) is 0 Å². The van der Waals surface area contributed by atoms with Crippen LogP contribution >= 0.6 is 11.6 Å². The molecule has 0 aliphatic carbocycles. The quantitative estimate of drug-likeness (QED) is 0.735. The van der Waals surface area contributed by atoms with Gasteiger partial charge in [-0.3, -0.25) is 0 Å². The molecule has 80 valence electrons. The number of nitrogens with one attached hydrogen (secondary N) is 1. The van der Waals surface area contributed by atoms with Crippen molar-refractivity contribution < 1.29 is 4.21 Å². The molecular weight excluding hydrogens is 206 g/mol. The first-order valence-electron chi connectivity index (χ1n) is 4.42. The lowest BCUT2D eigenvalue weighted by atomic mass is 10.1. The third-order valence-corrected chi connectivity index (χ3v) is 3.88. The van der Waals surface area contributed by atoms with Crippen molar-refractivity contribution >= 4 is 22.6 Å². The summed E-state index contributed by atoms with van der Waals surface area (Å²) in [5, 5.41) is 0. The highest BCUT2D eigenvalue weighted by Gasteiger charge is 2.28. The SMILES string of the molecule is C[C@H](N[S@](=O)C(C)(C)C)C(C)(C)Cl. The van der Waals surface area contributed by atoms with Crippen LogP contribution in [-0.4, -0.2) is 19.9 Å². The zero-order chi connectivity index (χ0) is 10.9. The lowest BCUT2D eigenvalue weighted by Crippen LogP contribution is -2.46. The van der Waals surface area contributed by atoms with E-state index in [0.717, 1.165) is 0 Å². The number of hydrogen-bond acceptors (Lipinski definition) is 1. The molecule has 2 nitrogen and oxygen atoms in total. The maximum atomic E-state index is 11.7. The van der Waals surface area contributed by atoms with Gasteiger partial charge >= 0.3 is 0 Å². The molecule has 0 aliphatic rings. The van der Waals surface area contributed by atoms with E-state index in [-0.39, 0.29) is 15.7 Å². The van der Waals surface area contributed by atoms with Crippen LogP contribution in [-0.2, 0) is 11.0 Å². The second-order valence-corrected chi connectivity index (χ2v) is 7.76. The molecule has 4 heteroatoms. The summed E-state index contributed by atoms with van der Waals surface area (Å²) in [4.78, 5) is -0.374. The molecular formula is C9H20ClNOS. The van der Waals surface area contributed by atoms with Gasteiger partial charge in [0.15, 0.2) is 0 Å². The predicted molar refractivity (Wildman–Crippen MR) is 60.4 cm³/mol. The first-order chi connectivity index (χ1) is 5.55. The van der Waals surface area contributed by atoms with Crippen molar-refractivity contribution in [2.75, 3.05) is 0 Å². The van der Waals surface area contributed by atoms with Crippen LogP contribution in [0.3, 0.4) is 0 Å². The fraction of sp³-hybridized carbons (Fsp3) is 1.00. The van der Waals surface area contributed by atoms with Crippen LogP contribution in [0.25, 0.3) is 0 Å². The highest BCUT2D eigenvalue weighted by atomic mass is 35.5. The minimum Gasteiger partial charge on any atom is -0.242 e. The maximum Gasteiger partial charge on any atom is 0.0973 e. The molecule has 0 fully saturated rings. The van der Waals surface area contributed by atoms with Crippen LogP contribution in [0.1, 0.15) is 41.5 Å². The molecule has 0 aromatic carbocycles. The van der Waals surface area contributed by atoms with Crippen LogP contribution < -0.4 is 4.72 Å². The smallest absolute Gasteiger partial charge is 0.0973 e. The van der Waals surface area contributed by atoms with Crippen molar-refractivity contribution in [1.82, 2.24) is 4.72 Å². The van der Waals surface area contributed by atoms with Crippen molar-refractivity contribution in [2.24, 2.45) is 0 Å². The molecule has 0 amide bonds. The van der Waals surface area contributed by atoms with E-state index in [2.05, 4.69) is 4.72 Å². The first kappa shape index (κ1) is 13.4. The summed E-state index contributed by atoms with van der Waals surface area (Å²) < 4.78 is 14.4. The van der Waals surface area contributed by atoms with Gasteiger partial charge in [0.25, 0.3) is 0 Å². The maximum absolute atomic E-state index is 11.7. The molecule has 0 unspecified atom stereocenters. The second-order valence-electron chi connectivity index (χ2n) is 4.79. The topological polar surface area (TPSA) is 29.1 Å². The number of halogens is 1. The van der Waals surface area contributed by atoms with E-state index in [4.69, 9.17) is 11.6 Å². The highest BCUT2D eigenvalue weighted by Crippen LogP contribution is 2.19. The Balaban J connectivity index is 4.24. The van der Waals surface area contributed by atoms with Gasteiger partial charge < -0.3 is 0 Å². The van der Waals surface area contributed by atoms with E-state index >= 15 is 0 Å². The van der Waals surface area contributed by atoms with Crippen LogP contribution in [0.5, 0.6) is 0 Å². The predicted octanol–water partition coefficient (Wildman–Crippen LogP) is 2.44. The summed E-state index contributed by atoms with van der Waals surface area (Å²) in [6.07, 6.45) is 0. The summed E-state index contributed by atoms with van der Waals surface area (Å²) >= 11 is 6.08. The number of hydrogen-bond donors (Lipinski definition) is 1. The normalized spacial score (nSPS) is 18.4. The van der Waals surface area contributed by atoms with Gasteiger partial charge in [-0.25, -0.2) is 8.93 Å². The Hall–Kier alpha value is 0.400. The van der Waals surface area contributed by atoms with Crippen molar-refractivity contribution in [2.45, 2.75) is 57.2 Å². The summed E-state index contributed by atoms with van der Waals surface area (Å²) in [5.74, 6) is 0. The van der Waals surface area contributed by atoms with Crippen LogP contribution in [0.4, 0.5) is 0 Å². The zero-order valence-corrected chi connectivity index (χ0v) is 10.8. The van der Waals surface area contributed by atoms with Gasteiger partial charge in [-0.05, 0) is 41.5 Å². The third-order valence-electron chi connectivity index (χ3n) is 1.87. The highest BCUT2D eigenvalue weighted by molar-refractivity contribution is 7.84. The van der Waals surface area contributed by atoms with Crippen molar-refractivity contribution in [3.63, 3.8) is 0 Å². The first-order valence-corrected chi connectivity index (χ1v) is 5.95. The monoisotopic (exact) mass is 225 g/mol. The molecule has 0 spiro atoms. The molecule has 13 heavy (non-hydrogen) atoms. The van der Waals surface area contributed by atoms with E-state index in [1.165, 1.54) is 0 Å². The summed E-state index contributed by atoms with van der Waals surface area (Å²) in [6, 6.07) is 0.0224. The van der Waals surface area contributed by atoms with E-state index < -0.39 is 11.0 Å². The van der Waals surface area contributed by atoms with Crippen molar-refractivity contribution in [1.29, 1.82) is 0 Å². The Bertz CT molecular complexity index is 193. The molecule has 2 atom stereocenters. The summed E-state index contributed by atoms with van der Waals surface area (Å²) in [5.41, 5.74) is 0. The summed E-state index contributed by atoms with van der Waals surface area (Å²) in [6.45, 7) is 11.6. The molecule has 0 aromatic heterocycles. The molecule has 0 aromatic rings.